The van der Waals surface area contributed by atoms with Crippen LogP contribution in [0.1, 0.15) is 28.0 Å². The zero-order chi connectivity index (χ0) is 19.1. The van der Waals surface area contributed by atoms with Crippen molar-refractivity contribution >= 4 is 5.91 Å². The van der Waals surface area contributed by atoms with Crippen LogP contribution in [0.5, 0.6) is 5.75 Å². The second-order valence-electron chi connectivity index (χ2n) is 5.77. The quantitative estimate of drug-likeness (QED) is 0.649. The van der Waals surface area contributed by atoms with Crippen LogP contribution in [0.3, 0.4) is 0 Å². The molecular weight excluding hydrogens is 344 g/mol. The first-order chi connectivity index (χ1) is 13.2. The topological polar surface area (TPSA) is 101 Å². The van der Waals surface area contributed by atoms with Gasteiger partial charge in [-0.1, -0.05) is 0 Å². The molecule has 7 heteroatoms. The number of nitrogens with one attached hydrogen (secondary N) is 1. The van der Waals surface area contributed by atoms with Gasteiger partial charge in [0.05, 0.1) is 12.7 Å². The Labute approximate surface area is 156 Å². The monoisotopic (exact) mass is 362 g/mol. The van der Waals surface area contributed by atoms with Crippen molar-refractivity contribution in [2.75, 3.05) is 13.7 Å². The standard InChI is InChI=1S/C20H18N4O3/c1-26-17-5-4-15(11-16(17)12-21)19-18(24-13-27-19)20(25)23-8-2-3-14-6-9-22-10-7-14/h4-7,9-11,13H,2-3,8H2,1H3,(H,23,25). The van der Waals surface area contributed by atoms with Crippen molar-refractivity contribution in [3.05, 3.63) is 65.9 Å². The molecule has 3 rings (SSSR count). The lowest BCUT2D eigenvalue weighted by molar-refractivity contribution is 0.0949. The maximum atomic E-state index is 12.5. The van der Waals surface area contributed by atoms with E-state index in [-0.39, 0.29) is 11.6 Å². The van der Waals surface area contributed by atoms with Gasteiger partial charge in [0, 0.05) is 24.5 Å². The van der Waals surface area contributed by atoms with Crippen molar-refractivity contribution < 1.29 is 13.9 Å². The van der Waals surface area contributed by atoms with E-state index in [1.54, 1.807) is 30.6 Å². The summed E-state index contributed by atoms with van der Waals surface area (Å²) in [7, 11) is 1.50. The Bertz CT molecular complexity index is 961. The van der Waals surface area contributed by atoms with Gasteiger partial charge in [-0.3, -0.25) is 9.78 Å². The van der Waals surface area contributed by atoms with E-state index in [1.807, 2.05) is 12.1 Å². The highest BCUT2D eigenvalue weighted by Crippen LogP contribution is 2.28. The van der Waals surface area contributed by atoms with Crippen LogP contribution in [0.2, 0.25) is 0 Å². The molecule has 0 aliphatic heterocycles. The number of rotatable bonds is 7. The van der Waals surface area contributed by atoms with Crippen molar-refractivity contribution in [2.24, 2.45) is 0 Å². The molecule has 0 spiro atoms. The van der Waals surface area contributed by atoms with Gasteiger partial charge < -0.3 is 14.5 Å². The van der Waals surface area contributed by atoms with E-state index in [0.717, 1.165) is 12.8 Å². The Morgan fingerprint density at radius 1 is 1.30 bits per heavy atom. The van der Waals surface area contributed by atoms with Crippen molar-refractivity contribution in [3.8, 4) is 23.1 Å². The van der Waals surface area contributed by atoms with Crippen LogP contribution in [0.15, 0.2) is 53.5 Å². The first-order valence-corrected chi connectivity index (χ1v) is 8.42. The van der Waals surface area contributed by atoms with Crippen molar-refractivity contribution in [1.29, 1.82) is 5.26 Å². The highest BCUT2D eigenvalue weighted by atomic mass is 16.5. The van der Waals surface area contributed by atoms with Gasteiger partial charge in [-0.25, -0.2) is 4.98 Å². The number of aryl methyl sites for hydroxylation is 1. The first-order valence-electron chi connectivity index (χ1n) is 8.42. The van der Waals surface area contributed by atoms with Gasteiger partial charge in [0.15, 0.2) is 17.8 Å². The van der Waals surface area contributed by atoms with E-state index < -0.39 is 0 Å². The SMILES string of the molecule is COc1ccc(-c2ocnc2C(=O)NCCCc2ccncc2)cc1C#N. The normalized spacial score (nSPS) is 10.2. The fraction of sp³-hybridized carbons (Fsp3) is 0.200. The van der Waals surface area contributed by atoms with E-state index >= 15 is 0 Å². The second kappa shape index (κ2) is 8.63. The number of carbonyl (C=O) groups excluding carboxylic acids is 1. The van der Waals surface area contributed by atoms with Gasteiger partial charge in [0.1, 0.15) is 11.8 Å². The molecule has 1 amide bonds. The lowest BCUT2D eigenvalue weighted by Crippen LogP contribution is -2.25. The van der Waals surface area contributed by atoms with Crippen molar-refractivity contribution in [2.45, 2.75) is 12.8 Å². The van der Waals surface area contributed by atoms with Gasteiger partial charge in [0.25, 0.3) is 5.91 Å². The Hall–Kier alpha value is -3.66. The second-order valence-corrected chi connectivity index (χ2v) is 5.77. The highest BCUT2D eigenvalue weighted by molar-refractivity contribution is 5.97. The third-order valence-electron chi connectivity index (χ3n) is 4.04. The molecular formula is C20H18N4O3. The molecule has 1 N–H and O–H groups in total. The minimum Gasteiger partial charge on any atom is -0.495 e. The van der Waals surface area contributed by atoms with Gasteiger partial charge in [0.2, 0.25) is 0 Å². The number of benzene rings is 1. The maximum Gasteiger partial charge on any atom is 0.273 e. The smallest absolute Gasteiger partial charge is 0.273 e. The molecule has 0 unspecified atom stereocenters. The summed E-state index contributed by atoms with van der Waals surface area (Å²) in [6.07, 6.45) is 6.36. The predicted molar refractivity (Wildman–Crippen MR) is 98.1 cm³/mol. The number of nitriles is 1. The van der Waals surface area contributed by atoms with E-state index in [1.165, 1.54) is 19.1 Å². The predicted octanol–water partition coefficient (Wildman–Crippen LogP) is 2.98. The minimum atomic E-state index is -0.317. The summed E-state index contributed by atoms with van der Waals surface area (Å²) in [6.45, 7) is 0.513. The van der Waals surface area contributed by atoms with E-state index in [9.17, 15) is 10.1 Å². The molecule has 0 aliphatic rings. The van der Waals surface area contributed by atoms with Crippen LogP contribution in [-0.4, -0.2) is 29.5 Å². The number of ether oxygens (including phenoxy) is 1. The number of hydrogen-bond acceptors (Lipinski definition) is 6. The van der Waals surface area contributed by atoms with Crippen LogP contribution in [0.4, 0.5) is 0 Å². The molecule has 7 nitrogen and oxygen atoms in total. The van der Waals surface area contributed by atoms with Crippen LogP contribution in [0, 0.1) is 11.3 Å². The zero-order valence-corrected chi connectivity index (χ0v) is 14.8. The molecule has 0 saturated carbocycles. The van der Waals surface area contributed by atoms with Gasteiger partial charge in [-0.05, 0) is 48.7 Å². The number of nitrogens with zero attached hydrogens (tertiary/aromatic N) is 3. The molecule has 0 radical (unpaired) electrons. The molecule has 0 aliphatic carbocycles. The average Bonchev–Trinajstić information content (AvgIpc) is 3.21. The third-order valence-corrected chi connectivity index (χ3v) is 4.04. The van der Waals surface area contributed by atoms with Gasteiger partial charge in [-0.2, -0.15) is 5.26 Å². The van der Waals surface area contributed by atoms with E-state index in [2.05, 4.69) is 21.4 Å². The third kappa shape index (κ3) is 4.30. The summed E-state index contributed by atoms with van der Waals surface area (Å²) >= 11 is 0. The fourth-order valence-electron chi connectivity index (χ4n) is 2.68. The van der Waals surface area contributed by atoms with E-state index in [4.69, 9.17) is 9.15 Å². The minimum absolute atomic E-state index is 0.188. The highest BCUT2D eigenvalue weighted by Gasteiger charge is 2.19. The van der Waals surface area contributed by atoms with Crippen LogP contribution in [-0.2, 0) is 6.42 Å². The zero-order valence-electron chi connectivity index (χ0n) is 14.8. The number of methoxy groups -OCH3 is 1. The van der Waals surface area contributed by atoms with Crippen LogP contribution in [0.25, 0.3) is 11.3 Å². The first kappa shape index (κ1) is 18.1. The molecule has 0 fully saturated rings. The summed E-state index contributed by atoms with van der Waals surface area (Å²) in [5.74, 6) is 0.464. The number of hydrogen-bond donors (Lipinski definition) is 1. The molecule has 1 aromatic carbocycles. The molecule has 136 valence electrons. The largest absolute Gasteiger partial charge is 0.495 e. The number of amides is 1. The fourth-order valence-corrected chi connectivity index (χ4v) is 2.68. The molecule has 0 bridgehead atoms. The van der Waals surface area contributed by atoms with Gasteiger partial charge >= 0.3 is 0 Å². The molecule has 0 atom stereocenters. The average molecular weight is 362 g/mol. The Balaban J connectivity index is 1.66. The summed E-state index contributed by atoms with van der Waals surface area (Å²) in [6, 6.07) is 11.0. The Morgan fingerprint density at radius 3 is 2.85 bits per heavy atom. The van der Waals surface area contributed by atoms with Crippen molar-refractivity contribution in [3.63, 3.8) is 0 Å². The Kier molecular flexibility index (Phi) is 5.80. The molecule has 0 saturated heterocycles. The van der Waals surface area contributed by atoms with Crippen LogP contribution < -0.4 is 10.1 Å². The molecule has 2 aromatic heterocycles. The molecule has 3 aromatic rings. The molecule has 2 heterocycles. The Morgan fingerprint density at radius 2 is 2.11 bits per heavy atom. The number of oxazole rings is 1. The molecule has 27 heavy (non-hydrogen) atoms. The maximum absolute atomic E-state index is 12.5. The summed E-state index contributed by atoms with van der Waals surface area (Å²) in [5.41, 5.74) is 2.30. The van der Waals surface area contributed by atoms with Gasteiger partial charge in [-0.15, -0.1) is 0 Å². The number of aromatic nitrogens is 2. The number of pyridine rings is 1. The number of carbonyl (C=O) groups is 1. The lowest BCUT2D eigenvalue weighted by Gasteiger charge is -2.07. The summed E-state index contributed by atoms with van der Waals surface area (Å²) < 4.78 is 10.5. The lowest BCUT2D eigenvalue weighted by atomic mass is 10.1. The van der Waals surface area contributed by atoms with E-state index in [0.29, 0.717) is 29.2 Å². The summed E-state index contributed by atoms with van der Waals surface area (Å²) in [4.78, 5) is 20.5. The van der Waals surface area contributed by atoms with Crippen molar-refractivity contribution in [1.82, 2.24) is 15.3 Å². The summed E-state index contributed by atoms with van der Waals surface area (Å²) in [5, 5.41) is 12.1. The van der Waals surface area contributed by atoms with Crippen LogP contribution >= 0.6 is 0 Å².